The second-order valence-electron chi connectivity index (χ2n) is 5.27. The molecule has 1 heterocycles. The van der Waals surface area contributed by atoms with E-state index in [9.17, 15) is 9.18 Å². The smallest absolute Gasteiger partial charge is 0.227 e. The average Bonchev–Trinajstić information content (AvgIpc) is 2.53. The molecule has 0 aromatic heterocycles. The van der Waals surface area contributed by atoms with Gasteiger partial charge in [-0.25, -0.2) is 4.39 Å². The highest BCUT2D eigenvalue weighted by Crippen LogP contribution is 2.29. The molecule has 0 radical (unpaired) electrons. The van der Waals surface area contributed by atoms with Crippen LogP contribution in [0.3, 0.4) is 0 Å². The Kier molecular flexibility index (Phi) is 4.29. The van der Waals surface area contributed by atoms with Crippen LogP contribution in [-0.2, 0) is 17.8 Å². The summed E-state index contributed by atoms with van der Waals surface area (Å²) < 4.78 is 19.1. The molecule has 0 aliphatic carbocycles. The second kappa shape index (κ2) is 6.36. The maximum Gasteiger partial charge on any atom is 0.227 e. The van der Waals surface area contributed by atoms with Gasteiger partial charge in [0, 0.05) is 17.1 Å². The van der Waals surface area contributed by atoms with Gasteiger partial charge in [0.05, 0.1) is 5.92 Å². The van der Waals surface area contributed by atoms with Crippen LogP contribution in [0.2, 0.25) is 5.02 Å². The zero-order chi connectivity index (χ0) is 15.5. The molecular formula is C17H15ClFNO2. The van der Waals surface area contributed by atoms with Crippen LogP contribution in [0.1, 0.15) is 11.1 Å². The standard InChI is InChI=1S/C17H15ClFNO2/c18-14-5-6-16-12(8-14)7-13(10-22-16)17(21)20-9-11-3-1-2-4-15(11)19/h1-6,8,13H,7,9-10H2,(H,20,21)/t13-/m1/s1. The number of hydrogen-bond donors (Lipinski definition) is 1. The molecular weight excluding hydrogens is 305 g/mol. The van der Waals surface area contributed by atoms with Crippen molar-refractivity contribution >= 4 is 17.5 Å². The van der Waals surface area contributed by atoms with E-state index in [-0.39, 0.29) is 24.2 Å². The van der Waals surface area contributed by atoms with Gasteiger partial charge in [-0.3, -0.25) is 4.79 Å². The van der Waals surface area contributed by atoms with E-state index in [0.29, 0.717) is 23.6 Å². The number of halogens is 2. The number of hydrogen-bond acceptors (Lipinski definition) is 2. The highest BCUT2D eigenvalue weighted by Gasteiger charge is 2.26. The van der Waals surface area contributed by atoms with Crippen LogP contribution < -0.4 is 10.1 Å². The van der Waals surface area contributed by atoms with Crippen molar-refractivity contribution in [3.8, 4) is 5.75 Å². The van der Waals surface area contributed by atoms with Gasteiger partial charge < -0.3 is 10.1 Å². The largest absolute Gasteiger partial charge is 0.492 e. The van der Waals surface area contributed by atoms with E-state index in [1.165, 1.54) is 6.07 Å². The zero-order valence-electron chi connectivity index (χ0n) is 11.8. The number of amides is 1. The summed E-state index contributed by atoms with van der Waals surface area (Å²) in [5, 5.41) is 3.38. The first-order chi connectivity index (χ1) is 10.6. The number of ether oxygens (including phenoxy) is 1. The van der Waals surface area contributed by atoms with Gasteiger partial charge in [-0.1, -0.05) is 29.8 Å². The zero-order valence-corrected chi connectivity index (χ0v) is 12.6. The molecule has 1 atom stereocenters. The van der Waals surface area contributed by atoms with Crippen molar-refractivity contribution in [3.63, 3.8) is 0 Å². The molecule has 0 fully saturated rings. The number of benzene rings is 2. The maximum absolute atomic E-state index is 13.5. The van der Waals surface area contributed by atoms with Gasteiger partial charge in [0.25, 0.3) is 0 Å². The van der Waals surface area contributed by atoms with E-state index >= 15 is 0 Å². The van der Waals surface area contributed by atoms with Crippen LogP contribution in [0.4, 0.5) is 4.39 Å². The molecule has 3 rings (SSSR count). The lowest BCUT2D eigenvalue weighted by molar-refractivity contribution is -0.126. The lowest BCUT2D eigenvalue weighted by atomic mass is 9.96. The molecule has 0 saturated carbocycles. The fraction of sp³-hybridized carbons (Fsp3) is 0.235. The van der Waals surface area contributed by atoms with Gasteiger partial charge in [0.2, 0.25) is 5.91 Å². The highest BCUT2D eigenvalue weighted by atomic mass is 35.5. The quantitative estimate of drug-likeness (QED) is 0.942. The van der Waals surface area contributed by atoms with Crippen molar-refractivity contribution < 1.29 is 13.9 Å². The Labute approximate surface area is 133 Å². The first-order valence-electron chi connectivity index (χ1n) is 7.06. The molecule has 0 spiro atoms. The number of nitrogens with one attached hydrogen (secondary N) is 1. The number of carbonyl (C=O) groups excluding carboxylic acids is 1. The van der Waals surface area contributed by atoms with Gasteiger partial charge in [-0.2, -0.15) is 0 Å². The normalized spacial score (nSPS) is 16.5. The molecule has 1 N–H and O–H groups in total. The van der Waals surface area contributed by atoms with Crippen LogP contribution >= 0.6 is 11.6 Å². The second-order valence-corrected chi connectivity index (χ2v) is 5.71. The monoisotopic (exact) mass is 319 g/mol. The molecule has 1 amide bonds. The maximum atomic E-state index is 13.5. The Morgan fingerprint density at radius 2 is 2.14 bits per heavy atom. The van der Waals surface area contributed by atoms with Crippen molar-refractivity contribution in [3.05, 3.63) is 64.4 Å². The van der Waals surface area contributed by atoms with Gasteiger partial charge in [-0.15, -0.1) is 0 Å². The van der Waals surface area contributed by atoms with Crippen molar-refractivity contribution in [2.24, 2.45) is 5.92 Å². The molecule has 2 aromatic carbocycles. The molecule has 114 valence electrons. The third-order valence-corrected chi connectivity index (χ3v) is 3.95. The molecule has 0 bridgehead atoms. The molecule has 2 aromatic rings. The molecule has 22 heavy (non-hydrogen) atoms. The predicted octanol–water partition coefficient (Wildman–Crippen LogP) is 3.35. The summed E-state index contributed by atoms with van der Waals surface area (Å²) in [6.07, 6.45) is 0.568. The first-order valence-corrected chi connectivity index (χ1v) is 7.43. The predicted molar refractivity (Wildman–Crippen MR) is 82.4 cm³/mol. The highest BCUT2D eigenvalue weighted by molar-refractivity contribution is 6.30. The molecule has 0 saturated heterocycles. The van der Waals surface area contributed by atoms with E-state index in [2.05, 4.69) is 5.32 Å². The third kappa shape index (κ3) is 3.22. The molecule has 1 aliphatic rings. The van der Waals surface area contributed by atoms with Crippen LogP contribution in [-0.4, -0.2) is 12.5 Å². The van der Waals surface area contributed by atoms with Crippen LogP contribution in [0.15, 0.2) is 42.5 Å². The Morgan fingerprint density at radius 1 is 1.32 bits per heavy atom. The summed E-state index contributed by atoms with van der Waals surface area (Å²) in [6.45, 7) is 0.488. The Balaban J connectivity index is 1.63. The van der Waals surface area contributed by atoms with Crippen molar-refractivity contribution in [1.29, 1.82) is 0 Å². The minimum Gasteiger partial charge on any atom is -0.492 e. The van der Waals surface area contributed by atoms with Gasteiger partial charge >= 0.3 is 0 Å². The van der Waals surface area contributed by atoms with Crippen molar-refractivity contribution in [2.75, 3.05) is 6.61 Å². The summed E-state index contributed by atoms with van der Waals surface area (Å²) in [5.41, 5.74) is 1.39. The van der Waals surface area contributed by atoms with Crippen LogP contribution in [0.5, 0.6) is 5.75 Å². The molecule has 1 aliphatic heterocycles. The van der Waals surface area contributed by atoms with E-state index in [0.717, 1.165) is 11.3 Å². The lowest BCUT2D eigenvalue weighted by Crippen LogP contribution is -2.37. The van der Waals surface area contributed by atoms with E-state index in [1.54, 1.807) is 24.3 Å². The topological polar surface area (TPSA) is 38.3 Å². The summed E-state index contributed by atoms with van der Waals surface area (Å²) in [5.74, 6) is 0.00833. The molecule has 0 unspecified atom stereocenters. The molecule has 3 nitrogen and oxygen atoms in total. The Morgan fingerprint density at radius 3 is 2.95 bits per heavy atom. The number of rotatable bonds is 3. The minimum atomic E-state index is -0.320. The fourth-order valence-electron chi connectivity index (χ4n) is 2.50. The van der Waals surface area contributed by atoms with E-state index < -0.39 is 0 Å². The van der Waals surface area contributed by atoms with E-state index in [1.807, 2.05) is 12.1 Å². The average molecular weight is 320 g/mol. The van der Waals surface area contributed by atoms with Crippen molar-refractivity contribution in [1.82, 2.24) is 5.32 Å². The summed E-state index contributed by atoms with van der Waals surface area (Å²) in [4.78, 5) is 12.2. The van der Waals surface area contributed by atoms with Gasteiger partial charge in [0.15, 0.2) is 0 Å². The van der Waals surface area contributed by atoms with Crippen molar-refractivity contribution in [2.45, 2.75) is 13.0 Å². The minimum absolute atomic E-state index is 0.145. The van der Waals surface area contributed by atoms with Gasteiger partial charge in [-0.05, 0) is 36.2 Å². The number of carbonyl (C=O) groups is 1. The number of fused-ring (bicyclic) bond motifs is 1. The molecule has 5 heteroatoms. The summed E-state index contributed by atoms with van der Waals surface area (Å²) in [7, 11) is 0. The lowest BCUT2D eigenvalue weighted by Gasteiger charge is -2.24. The SMILES string of the molecule is O=C(NCc1ccccc1F)[C@H]1COc2ccc(Cl)cc2C1. The van der Waals surface area contributed by atoms with Gasteiger partial charge in [0.1, 0.15) is 18.2 Å². The Hall–Kier alpha value is -2.07. The van der Waals surface area contributed by atoms with Crippen LogP contribution in [0, 0.1) is 11.7 Å². The Bertz CT molecular complexity index is 705. The summed E-state index contributed by atoms with van der Waals surface area (Å²) in [6, 6.07) is 11.8. The van der Waals surface area contributed by atoms with Crippen LogP contribution in [0.25, 0.3) is 0 Å². The van der Waals surface area contributed by atoms with E-state index in [4.69, 9.17) is 16.3 Å². The first kappa shape index (κ1) is 14.9. The fourth-order valence-corrected chi connectivity index (χ4v) is 2.69. The third-order valence-electron chi connectivity index (χ3n) is 3.71. The summed E-state index contributed by atoms with van der Waals surface area (Å²) >= 11 is 5.96.